The summed E-state index contributed by atoms with van der Waals surface area (Å²) in [5, 5.41) is 24.4. The Morgan fingerprint density at radius 2 is 1.96 bits per heavy atom. The summed E-state index contributed by atoms with van der Waals surface area (Å²) < 4.78 is 6.78. The lowest BCUT2D eigenvalue weighted by Crippen LogP contribution is -2.17. The van der Waals surface area contributed by atoms with E-state index in [9.17, 15) is 20.0 Å². The Balaban J connectivity index is 1.72. The fourth-order valence-electron chi connectivity index (χ4n) is 2.29. The van der Waals surface area contributed by atoms with Crippen LogP contribution in [0.15, 0.2) is 67.0 Å². The molecule has 28 heavy (non-hydrogen) atoms. The molecule has 0 unspecified atom stereocenters. The number of carbonyl (C=O) groups is 1. The number of carbonyl (C=O) groups excluding carboxylic acids is 1. The number of hydrazone groups is 1. The van der Waals surface area contributed by atoms with Gasteiger partial charge in [-0.25, -0.2) is 5.43 Å². The molecule has 0 aliphatic carbocycles. The van der Waals surface area contributed by atoms with Gasteiger partial charge < -0.3 is 9.52 Å². The number of non-ortho nitro benzene ring substituents is 1. The Kier molecular flexibility index (Phi) is 5.90. The molecular formula is C18H11Br2N3O5. The number of furan rings is 1. The van der Waals surface area contributed by atoms with Crippen LogP contribution < -0.4 is 5.43 Å². The van der Waals surface area contributed by atoms with Crippen molar-refractivity contribution in [1.82, 2.24) is 5.43 Å². The van der Waals surface area contributed by atoms with E-state index in [0.29, 0.717) is 26.0 Å². The highest BCUT2D eigenvalue weighted by molar-refractivity contribution is 9.10. The molecule has 0 saturated heterocycles. The maximum atomic E-state index is 12.1. The zero-order chi connectivity index (χ0) is 20.3. The first-order chi connectivity index (χ1) is 13.3. The number of rotatable bonds is 5. The smallest absolute Gasteiger partial charge is 0.275 e. The number of nitrogens with one attached hydrogen (secondary N) is 1. The molecule has 2 aromatic carbocycles. The molecule has 0 spiro atoms. The molecule has 8 nitrogen and oxygen atoms in total. The summed E-state index contributed by atoms with van der Waals surface area (Å²) in [5.41, 5.74) is 2.97. The highest BCUT2D eigenvalue weighted by atomic mass is 79.9. The monoisotopic (exact) mass is 507 g/mol. The number of nitrogens with zero attached hydrogens (tertiary/aromatic N) is 2. The van der Waals surface area contributed by atoms with Crippen molar-refractivity contribution < 1.29 is 19.2 Å². The first-order valence-electron chi connectivity index (χ1n) is 7.71. The molecule has 0 bridgehead atoms. The molecule has 10 heteroatoms. The van der Waals surface area contributed by atoms with E-state index >= 15 is 0 Å². The van der Waals surface area contributed by atoms with Crippen LogP contribution >= 0.6 is 31.9 Å². The van der Waals surface area contributed by atoms with Gasteiger partial charge in [-0.1, -0.05) is 15.9 Å². The van der Waals surface area contributed by atoms with Crippen molar-refractivity contribution in [3.63, 3.8) is 0 Å². The van der Waals surface area contributed by atoms with Crippen LogP contribution in [0, 0.1) is 10.1 Å². The standard InChI is InChI=1S/C18H11Br2N3O5/c19-10-1-5-16(24)14(7-10)18(25)22-21-9-12-3-6-17(28-12)13-4-2-11(23(26)27)8-15(13)20/h1-9,24H,(H,22,25)/b21-9+. The van der Waals surface area contributed by atoms with Crippen LogP contribution in [-0.4, -0.2) is 22.2 Å². The number of benzene rings is 2. The maximum Gasteiger partial charge on any atom is 0.275 e. The van der Waals surface area contributed by atoms with Crippen LogP contribution in [-0.2, 0) is 0 Å². The highest BCUT2D eigenvalue weighted by Gasteiger charge is 2.13. The second-order valence-corrected chi connectivity index (χ2v) is 7.25. The van der Waals surface area contributed by atoms with Crippen LogP contribution in [0.4, 0.5) is 5.69 Å². The van der Waals surface area contributed by atoms with E-state index in [-0.39, 0.29) is 17.0 Å². The summed E-state index contributed by atoms with van der Waals surface area (Å²) in [4.78, 5) is 22.4. The van der Waals surface area contributed by atoms with E-state index in [4.69, 9.17) is 4.42 Å². The number of hydrogen-bond acceptors (Lipinski definition) is 6. The molecule has 0 aliphatic rings. The number of aromatic hydroxyl groups is 1. The van der Waals surface area contributed by atoms with Gasteiger partial charge in [-0.2, -0.15) is 5.10 Å². The van der Waals surface area contributed by atoms with Crippen molar-refractivity contribution in [3.8, 4) is 17.1 Å². The van der Waals surface area contributed by atoms with Crippen molar-refractivity contribution in [3.05, 3.63) is 78.9 Å². The Hall–Kier alpha value is -2.98. The quantitative estimate of drug-likeness (QED) is 0.290. The summed E-state index contributed by atoms with van der Waals surface area (Å²) in [7, 11) is 0. The minimum Gasteiger partial charge on any atom is -0.507 e. The van der Waals surface area contributed by atoms with Gasteiger partial charge in [-0.15, -0.1) is 0 Å². The number of phenolic OH excluding ortho intramolecular Hbond substituents is 1. The third kappa shape index (κ3) is 4.46. The zero-order valence-electron chi connectivity index (χ0n) is 13.9. The van der Waals surface area contributed by atoms with E-state index < -0.39 is 10.8 Å². The largest absolute Gasteiger partial charge is 0.507 e. The van der Waals surface area contributed by atoms with Gasteiger partial charge in [0.1, 0.15) is 17.3 Å². The summed E-state index contributed by atoms with van der Waals surface area (Å²) in [5.74, 6) is 0.0809. The van der Waals surface area contributed by atoms with E-state index in [2.05, 4.69) is 42.4 Å². The third-order valence-electron chi connectivity index (χ3n) is 3.62. The molecule has 1 heterocycles. The maximum absolute atomic E-state index is 12.1. The predicted octanol–water partition coefficient (Wildman–Crippen LogP) is 4.85. The van der Waals surface area contributed by atoms with Gasteiger partial charge in [0.15, 0.2) is 0 Å². The second-order valence-electron chi connectivity index (χ2n) is 5.48. The third-order valence-corrected chi connectivity index (χ3v) is 4.77. The number of hydrogen-bond donors (Lipinski definition) is 2. The number of nitro groups is 1. The molecule has 0 aliphatic heterocycles. The predicted molar refractivity (Wildman–Crippen MR) is 109 cm³/mol. The molecule has 0 saturated carbocycles. The van der Waals surface area contributed by atoms with Crippen molar-refractivity contribution in [2.75, 3.05) is 0 Å². The molecule has 1 aromatic heterocycles. The SMILES string of the molecule is O=C(N/N=C/c1ccc(-c2ccc([N+](=O)[O-])cc2Br)o1)c1cc(Br)ccc1O. The van der Waals surface area contributed by atoms with Crippen molar-refractivity contribution in [1.29, 1.82) is 0 Å². The van der Waals surface area contributed by atoms with Gasteiger partial charge >= 0.3 is 0 Å². The molecule has 2 N–H and O–H groups in total. The molecule has 142 valence electrons. The Bertz CT molecular complexity index is 1090. The lowest BCUT2D eigenvalue weighted by atomic mass is 10.1. The number of halogens is 2. The summed E-state index contributed by atoms with van der Waals surface area (Å²) >= 11 is 6.52. The molecule has 0 atom stereocenters. The molecular weight excluding hydrogens is 498 g/mol. The van der Waals surface area contributed by atoms with Crippen LogP contribution in [0.2, 0.25) is 0 Å². The summed E-state index contributed by atoms with van der Waals surface area (Å²) in [6, 6.07) is 12.1. The lowest BCUT2D eigenvalue weighted by molar-refractivity contribution is -0.384. The van der Waals surface area contributed by atoms with Crippen LogP contribution in [0.25, 0.3) is 11.3 Å². The van der Waals surface area contributed by atoms with Crippen LogP contribution in [0.1, 0.15) is 16.1 Å². The minimum atomic E-state index is -0.583. The van der Waals surface area contributed by atoms with E-state index in [1.807, 2.05) is 0 Å². The van der Waals surface area contributed by atoms with Gasteiger partial charge in [-0.3, -0.25) is 14.9 Å². The topological polar surface area (TPSA) is 118 Å². The molecule has 3 rings (SSSR count). The lowest BCUT2D eigenvalue weighted by Gasteiger charge is -2.03. The van der Waals surface area contributed by atoms with Gasteiger partial charge in [0.25, 0.3) is 11.6 Å². The average Bonchev–Trinajstić information content (AvgIpc) is 3.12. The molecule has 0 radical (unpaired) electrons. The molecule has 1 amide bonds. The second kappa shape index (κ2) is 8.36. The first-order valence-corrected chi connectivity index (χ1v) is 9.30. The fourth-order valence-corrected chi connectivity index (χ4v) is 3.21. The van der Waals surface area contributed by atoms with E-state index in [1.54, 1.807) is 24.3 Å². The number of phenols is 1. The van der Waals surface area contributed by atoms with Crippen molar-refractivity contribution >= 4 is 49.7 Å². The minimum absolute atomic E-state index is 0.0394. The van der Waals surface area contributed by atoms with E-state index in [0.717, 1.165) is 0 Å². The van der Waals surface area contributed by atoms with Crippen molar-refractivity contribution in [2.24, 2.45) is 5.10 Å². The average molecular weight is 509 g/mol. The molecule has 3 aromatic rings. The normalized spacial score (nSPS) is 10.9. The van der Waals surface area contributed by atoms with Gasteiger partial charge in [0.2, 0.25) is 0 Å². The first kappa shape index (κ1) is 19.8. The Morgan fingerprint density at radius 3 is 2.68 bits per heavy atom. The number of amides is 1. The zero-order valence-corrected chi connectivity index (χ0v) is 17.1. The summed E-state index contributed by atoms with van der Waals surface area (Å²) in [6.45, 7) is 0. The van der Waals surface area contributed by atoms with Gasteiger partial charge in [0.05, 0.1) is 16.7 Å². The van der Waals surface area contributed by atoms with E-state index in [1.165, 1.54) is 30.5 Å². The fraction of sp³-hybridized carbons (Fsp3) is 0. The van der Waals surface area contributed by atoms with Crippen LogP contribution in [0.3, 0.4) is 0 Å². The molecule has 0 fully saturated rings. The Morgan fingerprint density at radius 1 is 1.18 bits per heavy atom. The number of nitro benzene ring substituents is 1. The van der Waals surface area contributed by atoms with Gasteiger partial charge in [-0.05, 0) is 52.3 Å². The van der Waals surface area contributed by atoms with Gasteiger partial charge in [0, 0.05) is 26.6 Å². The van der Waals surface area contributed by atoms with Crippen molar-refractivity contribution in [2.45, 2.75) is 0 Å². The Labute approximate surface area is 175 Å². The van der Waals surface area contributed by atoms with Crippen LogP contribution in [0.5, 0.6) is 5.75 Å². The highest BCUT2D eigenvalue weighted by Crippen LogP contribution is 2.32. The summed E-state index contributed by atoms with van der Waals surface area (Å²) in [6.07, 6.45) is 1.30.